The number of likely N-dealkylation sites (tertiary alicyclic amines) is 1. The molecule has 0 aliphatic carbocycles. The maximum Gasteiger partial charge on any atom is 0.269 e. The van der Waals surface area contributed by atoms with Crippen molar-refractivity contribution in [1.29, 1.82) is 0 Å². The minimum Gasteiger partial charge on any atom is -0.326 e. The van der Waals surface area contributed by atoms with E-state index in [0.717, 1.165) is 31.6 Å². The molecule has 1 fully saturated rings. The number of nitrogens with zero attached hydrogens (tertiary/aromatic N) is 2. The number of halogens is 2. The highest BCUT2D eigenvalue weighted by molar-refractivity contribution is 5.85. The summed E-state index contributed by atoms with van der Waals surface area (Å²) in [7, 11) is 0. The van der Waals surface area contributed by atoms with Gasteiger partial charge in [0.2, 0.25) is 0 Å². The third kappa shape index (κ3) is 4.42. The van der Waals surface area contributed by atoms with Crippen LogP contribution in [0.1, 0.15) is 12.0 Å². The topological polar surface area (TPSA) is 72.4 Å². The highest BCUT2D eigenvalue weighted by Gasteiger charge is 2.18. The van der Waals surface area contributed by atoms with Gasteiger partial charge in [0.15, 0.2) is 0 Å². The fourth-order valence-electron chi connectivity index (χ4n) is 1.99. The molecule has 1 aliphatic rings. The molecule has 0 unspecified atom stereocenters. The summed E-state index contributed by atoms with van der Waals surface area (Å²) in [6.07, 6.45) is 1.03. The molecule has 0 amide bonds. The Labute approximate surface area is 118 Å². The quantitative estimate of drug-likeness (QED) is 0.683. The summed E-state index contributed by atoms with van der Waals surface area (Å²) in [5, 5.41) is 10.5. The summed E-state index contributed by atoms with van der Waals surface area (Å²) >= 11 is 0. The highest BCUT2D eigenvalue weighted by Crippen LogP contribution is 2.15. The van der Waals surface area contributed by atoms with E-state index in [4.69, 9.17) is 5.73 Å². The first-order valence-electron chi connectivity index (χ1n) is 5.36. The van der Waals surface area contributed by atoms with Gasteiger partial charge in [0, 0.05) is 37.8 Å². The van der Waals surface area contributed by atoms with Crippen LogP contribution in [0.15, 0.2) is 24.3 Å². The zero-order valence-electron chi connectivity index (χ0n) is 9.82. The van der Waals surface area contributed by atoms with Crippen molar-refractivity contribution in [3.05, 3.63) is 39.9 Å². The third-order valence-corrected chi connectivity index (χ3v) is 2.86. The van der Waals surface area contributed by atoms with Gasteiger partial charge >= 0.3 is 0 Å². The number of rotatable bonds is 3. The van der Waals surface area contributed by atoms with Crippen LogP contribution >= 0.6 is 24.8 Å². The summed E-state index contributed by atoms with van der Waals surface area (Å²) in [6, 6.07) is 6.98. The molecule has 0 saturated carbocycles. The molecule has 1 aliphatic heterocycles. The molecule has 1 heterocycles. The largest absolute Gasteiger partial charge is 0.326 e. The molecule has 18 heavy (non-hydrogen) atoms. The number of benzene rings is 1. The Morgan fingerprint density at radius 1 is 1.33 bits per heavy atom. The van der Waals surface area contributed by atoms with Crippen molar-refractivity contribution < 1.29 is 4.92 Å². The lowest BCUT2D eigenvalue weighted by atomic mass is 10.2. The number of hydrogen-bond acceptors (Lipinski definition) is 4. The molecule has 1 aromatic carbocycles. The fourth-order valence-corrected chi connectivity index (χ4v) is 1.99. The molecule has 1 atom stereocenters. The number of non-ortho nitro benzene ring substituents is 1. The lowest BCUT2D eigenvalue weighted by Crippen LogP contribution is -2.26. The fraction of sp³-hybridized carbons (Fsp3) is 0.455. The molecule has 2 rings (SSSR count). The van der Waals surface area contributed by atoms with Crippen molar-refractivity contribution in [2.45, 2.75) is 19.0 Å². The third-order valence-electron chi connectivity index (χ3n) is 2.86. The normalized spacial score (nSPS) is 18.8. The standard InChI is InChI=1S/C11H15N3O2.2ClH/c12-10-5-6-13(8-10)7-9-1-3-11(4-2-9)14(15)16;;/h1-4,10H,5-8,12H2;2*1H/t10-;;/m1../s1. The van der Waals surface area contributed by atoms with Gasteiger partial charge in [-0.1, -0.05) is 12.1 Å². The highest BCUT2D eigenvalue weighted by atomic mass is 35.5. The maximum atomic E-state index is 10.5. The van der Waals surface area contributed by atoms with Gasteiger partial charge in [-0.3, -0.25) is 15.0 Å². The molecule has 0 radical (unpaired) electrons. The van der Waals surface area contributed by atoms with E-state index in [1.165, 1.54) is 0 Å². The van der Waals surface area contributed by atoms with Crippen LogP contribution in [0.2, 0.25) is 0 Å². The van der Waals surface area contributed by atoms with Gasteiger partial charge in [-0.25, -0.2) is 0 Å². The summed E-state index contributed by atoms with van der Waals surface area (Å²) in [6.45, 7) is 2.75. The smallest absolute Gasteiger partial charge is 0.269 e. The molecular weight excluding hydrogens is 277 g/mol. The Balaban J connectivity index is 0.00000144. The van der Waals surface area contributed by atoms with Crippen LogP contribution in [0.5, 0.6) is 0 Å². The second kappa shape index (κ2) is 7.53. The zero-order chi connectivity index (χ0) is 11.5. The molecule has 0 spiro atoms. The van der Waals surface area contributed by atoms with Crippen molar-refractivity contribution in [2.24, 2.45) is 5.73 Å². The van der Waals surface area contributed by atoms with E-state index in [0.29, 0.717) is 0 Å². The first kappa shape index (κ1) is 17.1. The Bertz CT molecular complexity index is 386. The summed E-state index contributed by atoms with van der Waals surface area (Å²) < 4.78 is 0. The Hall–Kier alpha value is -0.880. The van der Waals surface area contributed by atoms with Gasteiger partial charge in [-0.2, -0.15) is 0 Å². The van der Waals surface area contributed by atoms with Crippen molar-refractivity contribution in [3.63, 3.8) is 0 Å². The van der Waals surface area contributed by atoms with E-state index < -0.39 is 0 Å². The number of nitro benzene ring substituents is 1. The molecule has 0 bridgehead atoms. The van der Waals surface area contributed by atoms with Gasteiger partial charge < -0.3 is 5.73 Å². The summed E-state index contributed by atoms with van der Waals surface area (Å²) in [4.78, 5) is 12.4. The van der Waals surface area contributed by atoms with Gasteiger partial charge in [0.25, 0.3) is 5.69 Å². The molecule has 7 heteroatoms. The van der Waals surface area contributed by atoms with Crippen LogP contribution in [-0.4, -0.2) is 29.0 Å². The van der Waals surface area contributed by atoms with Crippen molar-refractivity contribution in [3.8, 4) is 0 Å². The van der Waals surface area contributed by atoms with Crippen molar-refractivity contribution >= 4 is 30.5 Å². The molecule has 0 aromatic heterocycles. The van der Waals surface area contributed by atoms with Crippen LogP contribution < -0.4 is 5.73 Å². The minimum atomic E-state index is -0.379. The maximum absolute atomic E-state index is 10.5. The van der Waals surface area contributed by atoms with Crippen molar-refractivity contribution in [2.75, 3.05) is 13.1 Å². The van der Waals surface area contributed by atoms with E-state index >= 15 is 0 Å². The SMILES string of the molecule is Cl.Cl.N[C@@H]1CCN(Cc2ccc([N+](=O)[O-])cc2)C1. The molecule has 2 N–H and O–H groups in total. The Morgan fingerprint density at radius 2 is 1.94 bits per heavy atom. The number of hydrogen-bond donors (Lipinski definition) is 1. The van der Waals surface area contributed by atoms with Crippen LogP contribution in [0.3, 0.4) is 0 Å². The van der Waals surface area contributed by atoms with E-state index in [1.54, 1.807) is 12.1 Å². The second-order valence-electron chi connectivity index (χ2n) is 4.21. The summed E-state index contributed by atoms with van der Waals surface area (Å²) in [5.41, 5.74) is 7.05. The Kier molecular flexibility index (Phi) is 7.16. The first-order chi connectivity index (χ1) is 7.65. The monoisotopic (exact) mass is 293 g/mol. The second-order valence-corrected chi connectivity index (χ2v) is 4.21. The average molecular weight is 294 g/mol. The molecule has 102 valence electrons. The average Bonchev–Trinajstić information content (AvgIpc) is 2.65. The van der Waals surface area contributed by atoms with Gasteiger partial charge in [0.1, 0.15) is 0 Å². The van der Waals surface area contributed by atoms with E-state index in [1.807, 2.05) is 12.1 Å². The number of nitrogens with two attached hydrogens (primary N) is 1. The predicted molar refractivity (Wildman–Crippen MR) is 75.5 cm³/mol. The minimum absolute atomic E-state index is 0. The van der Waals surface area contributed by atoms with E-state index in [-0.39, 0.29) is 41.5 Å². The van der Waals surface area contributed by atoms with Crippen molar-refractivity contribution in [1.82, 2.24) is 4.90 Å². The zero-order valence-corrected chi connectivity index (χ0v) is 11.5. The van der Waals surface area contributed by atoms with E-state index in [9.17, 15) is 10.1 Å². The number of nitro groups is 1. The van der Waals surface area contributed by atoms with Crippen LogP contribution in [0.4, 0.5) is 5.69 Å². The van der Waals surface area contributed by atoms with Crippen LogP contribution in [0, 0.1) is 10.1 Å². The van der Waals surface area contributed by atoms with E-state index in [2.05, 4.69) is 4.90 Å². The molecule has 1 saturated heterocycles. The van der Waals surface area contributed by atoms with Crippen LogP contribution in [-0.2, 0) is 6.54 Å². The molecule has 5 nitrogen and oxygen atoms in total. The first-order valence-corrected chi connectivity index (χ1v) is 5.36. The lowest BCUT2D eigenvalue weighted by Gasteiger charge is -2.14. The molecule has 1 aromatic rings. The van der Waals surface area contributed by atoms with Gasteiger partial charge in [0.05, 0.1) is 4.92 Å². The lowest BCUT2D eigenvalue weighted by molar-refractivity contribution is -0.384. The van der Waals surface area contributed by atoms with Crippen LogP contribution in [0.25, 0.3) is 0 Å². The Morgan fingerprint density at radius 3 is 2.39 bits per heavy atom. The van der Waals surface area contributed by atoms with Gasteiger partial charge in [-0.15, -0.1) is 24.8 Å². The predicted octanol–water partition coefficient (Wildman–Crippen LogP) is 1.97. The van der Waals surface area contributed by atoms with Gasteiger partial charge in [-0.05, 0) is 12.0 Å². The molecular formula is C11H17Cl2N3O2. The summed E-state index contributed by atoms with van der Waals surface area (Å²) in [5.74, 6) is 0.